The Morgan fingerprint density at radius 1 is 1.33 bits per heavy atom. The summed E-state index contributed by atoms with van der Waals surface area (Å²) in [6.07, 6.45) is 2.03. The third-order valence-electron chi connectivity index (χ3n) is 2.58. The highest BCUT2D eigenvalue weighted by molar-refractivity contribution is 5.83. The van der Waals surface area contributed by atoms with Gasteiger partial charge in [0.1, 0.15) is 0 Å². The molecule has 0 fully saturated rings. The maximum absolute atomic E-state index is 9.26. The van der Waals surface area contributed by atoms with Crippen molar-refractivity contribution in [2.45, 2.75) is 13.2 Å². The lowest BCUT2D eigenvalue weighted by Crippen LogP contribution is -2.04. The molecule has 0 radical (unpaired) electrons. The second-order valence-electron chi connectivity index (χ2n) is 3.52. The Morgan fingerprint density at radius 3 is 2.93 bits per heavy atom. The van der Waals surface area contributed by atoms with Crippen LogP contribution in [0, 0.1) is 0 Å². The lowest BCUT2D eigenvalue weighted by molar-refractivity contribution is 0.188. The molecule has 80 valence electrons. The largest absolute Gasteiger partial charge is 0.392 e. The van der Waals surface area contributed by atoms with Crippen LogP contribution in [0.3, 0.4) is 0 Å². The van der Waals surface area contributed by atoms with Crippen molar-refractivity contribution < 1.29 is 9.84 Å². The molecule has 0 aliphatic carbocycles. The van der Waals surface area contributed by atoms with Gasteiger partial charge in [0.2, 0.25) is 0 Å². The maximum atomic E-state index is 9.26. The Labute approximate surface area is 88.9 Å². The molecule has 2 aromatic rings. The number of methoxy groups -OCH3 is 1. The predicted octanol–water partition coefficient (Wildman–Crippen LogP) is 1.78. The van der Waals surface area contributed by atoms with E-state index >= 15 is 0 Å². The molecule has 0 unspecified atom stereocenters. The standard InChI is InChI=1S/C12H15NO2/c1-15-8-7-13-6-5-10-3-2-4-11(9-14)12(10)13/h2-6,14H,7-9H2,1H3. The zero-order valence-electron chi connectivity index (χ0n) is 8.81. The van der Waals surface area contributed by atoms with Crippen LogP contribution in [0.2, 0.25) is 0 Å². The van der Waals surface area contributed by atoms with Crippen molar-refractivity contribution in [3.63, 3.8) is 0 Å². The second kappa shape index (κ2) is 4.47. The number of hydrogen-bond acceptors (Lipinski definition) is 2. The maximum Gasteiger partial charge on any atom is 0.0702 e. The van der Waals surface area contributed by atoms with E-state index in [2.05, 4.69) is 16.7 Å². The van der Waals surface area contributed by atoms with Crippen LogP contribution < -0.4 is 0 Å². The van der Waals surface area contributed by atoms with E-state index in [9.17, 15) is 5.11 Å². The van der Waals surface area contributed by atoms with Crippen LogP contribution in [0.25, 0.3) is 10.9 Å². The minimum atomic E-state index is 0.0777. The molecule has 3 heteroatoms. The SMILES string of the molecule is COCCn1ccc2cccc(CO)c21. The zero-order chi connectivity index (χ0) is 10.7. The van der Waals surface area contributed by atoms with E-state index in [4.69, 9.17) is 4.74 Å². The fourth-order valence-corrected chi connectivity index (χ4v) is 1.84. The molecular formula is C12H15NO2. The van der Waals surface area contributed by atoms with E-state index in [0.717, 1.165) is 23.0 Å². The number of rotatable bonds is 4. The molecule has 1 N–H and O–H groups in total. The molecule has 1 aromatic carbocycles. The molecule has 3 nitrogen and oxygen atoms in total. The van der Waals surface area contributed by atoms with Gasteiger partial charge in [-0.3, -0.25) is 0 Å². The number of nitrogens with zero attached hydrogens (tertiary/aromatic N) is 1. The summed E-state index contributed by atoms with van der Waals surface area (Å²) in [5, 5.41) is 10.4. The van der Waals surface area contributed by atoms with E-state index in [1.54, 1.807) is 7.11 Å². The van der Waals surface area contributed by atoms with E-state index < -0.39 is 0 Å². The Balaban J connectivity index is 2.46. The first-order chi connectivity index (χ1) is 7.36. The molecule has 15 heavy (non-hydrogen) atoms. The third-order valence-corrected chi connectivity index (χ3v) is 2.58. The van der Waals surface area contributed by atoms with Gasteiger partial charge in [-0.05, 0) is 11.5 Å². The number of aliphatic hydroxyl groups is 1. The molecule has 1 heterocycles. The Bertz CT molecular complexity index is 448. The van der Waals surface area contributed by atoms with Gasteiger partial charge < -0.3 is 14.4 Å². The number of ether oxygens (including phenoxy) is 1. The lowest BCUT2D eigenvalue weighted by atomic mass is 10.1. The van der Waals surface area contributed by atoms with E-state index in [0.29, 0.717) is 6.61 Å². The molecule has 2 rings (SSSR count). The molecule has 1 aromatic heterocycles. The van der Waals surface area contributed by atoms with Crippen LogP contribution in [0.15, 0.2) is 30.5 Å². The highest BCUT2D eigenvalue weighted by Crippen LogP contribution is 2.20. The minimum Gasteiger partial charge on any atom is -0.392 e. The van der Waals surface area contributed by atoms with Gasteiger partial charge in [0.25, 0.3) is 0 Å². The normalized spacial score (nSPS) is 11.1. The number of aliphatic hydroxyl groups excluding tert-OH is 1. The van der Waals surface area contributed by atoms with E-state index in [1.165, 1.54) is 0 Å². The first kappa shape index (κ1) is 10.2. The van der Waals surface area contributed by atoms with Crippen LogP contribution in [0.5, 0.6) is 0 Å². The Kier molecular flexibility index (Phi) is 3.04. The van der Waals surface area contributed by atoms with Crippen LogP contribution in [-0.2, 0) is 17.9 Å². The summed E-state index contributed by atoms with van der Waals surface area (Å²) >= 11 is 0. The van der Waals surface area contributed by atoms with Crippen molar-refractivity contribution >= 4 is 10.9 Å². The van der Waals surface area contributed by atoms with Gasteiger partial charge in [0.05, 0.1) is 18.7 Å². The van der Waals surface area contributed by atoms with Crippen molar-refractivity contribution in [1.29, 1.82) is 0 Å². The van der Waals surface area contributed by atoms with Crippen LogP contribution in [0.4, 0.5) is 0 Å². The molecule has 0 aliphatic heterocycles. The van der Waals surface area contributed by atoms with Gasteiger partial charge in [-0.1, -0.05) is 18.2 Å². The van der Waals surface area contributed by atoms with Crippen LogP contribution in [0.1, 0.15) is 5.56 Å². The first-order valence-electron chi connectivity index (χ1n) is 5.03. The van der Waals surface area contributed by atoms with Crippen molar-refractivity contribution in [3.8, 4) is 0 Å². The smallest absolute Gasteiger partial charge is 0.0702 e. The molecule has 0 aliphatic rings. The summed E-state index contributed by atoms with van der Waals surface area (Å²) in [7, 11) is 1.69. The number of aromatic nitrogens is 1. The van der Waals surface area contributed by atoms with E-state index in [1.807, 2.05) is 18.3 Å². The van der Waals surface area contributed by atoms with Gasteiger partial charge >= 0.3 is 0 Å². The molecule has 0 saturated heterocycles. The summed E-state index contributed by atoms with van der Waals surface area (Å²) in [5.74, 6) is 0. The Morgan fingerprint density at radius 2 is 2.20 bits per heavy atom. The monoisotopic (exact) mass is 205 g/mol. The topological polar surface area (TPSA) is 34.4 Å². The van der Waals surface area contributed by atoms with Gasteiger partial charge in [0, 0.05) is 25.4 Å². The number of benzene rings is 1. The summed E-state index contributed by atoms with van der Waals surface area (Å²) in [6, 6.07) is 8.03. The van der Waals surface area contributed by atoms with Crippen molar-refractivity contribution in [2.24, 2.45) is 0 Å². The van der Waals surface area contributed by atoms with Gasteiger partial charge in [-0.15, -0.1) is 0 Å². The molecule has 0 atom stereocenters. The fraction of sp³-hybridized carbons (Fsp3) is 0.333. The van der Waals surface area contributed by atoms with Gasteiger partial charge in [0.15, 0.2) is 0 Å². The fourth-order valence-electron chi connectivity index (χ4n) is 1.84. The highest BCUT2D eigenvalue weighted by atomic mass is 16.5. The van der Waals surface area contributed by atoms with Crippen LogP contribution in [-0.4, -0.2) is 23.4 Å². The summed E-state index contributed by atoms with van der Waals surface area (Å²) < 4.78 is 7.17. The Hall–Kier alpha value is -1.32. The summed E-state index contributed by atoms with van der Waals surface area (Å²) in [6.45, 7) is 1.58. The number of hydrogen-bond donors (Lipinski definition) is 1. The average Bonchev–Trinajstić information content (AvgIpc) is 2.69. The molecule has 0 spiro atoms. The quantitative estimate of drug-likeness (QED) is 0.825. The highest BCUT2D eigenvalue weighted by Gasteiger charge is 2.04. The predicted molar refractivity (Wildman–Crippen MR) is 59.7 cm³/mol. The lowest BCUT2D eigenvalue weighted by Gasteiger charge is -2.07. The third kappa shape index (κ3) is 1.89. The summed E-state index contributed by atoms with van der Waals surface area (Å²) in [4.78, 5) is 0. The van der Waals surface area contributed by atoms with Crippen molar-refractivity contribution in [3.05, 3.63) is 36.0 Å². The number of fused-ring (bicyclic) bond motifs is 1. The van der Waals surface area contributed by atoms with Crippen molar-refractivity contribution in [2.75, 3.05) is 13.7 Å². The second-order valence-corrected chi connectivity index (χ2v) is 3.52. The minimum absolute atomic E-state index is 0.0777. The first-order valence-corrected chi connectivity index (χ1v) is 5.03. The average molecular weight is 205 g/mol. The van der Waals surface area contributed by atoms with E-state index in [-0.39, 0.29) is 6.61 Å². The van der Waals surface area contributed by atoms with Crippen LogP contribution >= 0.6 is 0 Å². The van der Waals surface area contributed by atoms with Gasteiger partial charge in [-0.2, -0.15) is 0 Å². The van der Waals surface area contributed by atoms with Gasteiger partial charge in [-0.25, -0.2) is 0 Å². The molecule has 0 bridgehead atoms. The number of para-hydroxylation sites is 1. The molecule has 0 amide bonds. The van der Waals surface area contributed by atoms with Crippen molar-refractivity contribution in [1.82, 2.24) is 4.57 Å². The molecular weight excluding hydrogens is 190 g/mol. The molecule has 0 saturated carbocycles. The zero-order valence-corrected chi connectivity index (χ0v) is 8.81. The summed E-state index contributed by atoms with van der Waals surface area (Å²) in [5.41, 5.74) is 2.07.